The normalized spacial score (nSPS) is 16.7. The molecule has 32 heavy (non-hydrogen) atoms. The summed E-state index contributed by atoms with van der Waals surface area (Å²) in [6.45, 7) is 4.51. The van der Waals surface area contributed by atoms with E-state index >= 15 is 0 Å². The van der Waals surface area contributed by atoms with Crippen LogP contribution >= 0.6 is 11.3 Å². The van der Waals surface area contributed by atoms with Crippen LogP contribution in [0.5, 0.6) is 0 Å². The predicted molar refractivity (Wildman–Crippen MR) is 125 cm³/mol. The number of hydrogen-bond acceptors (Lipinski definition) is 7. The van der Waals surface area contributed by atoms with Crippen molar-refractivity contribution in [2.24, 2.45) is 5.92 Å². The number of benzene rings is 2. The van der Waals surface area contributed by atoms with Gasteiger partial charge in [0, 0.05) is 30.9 Å². The van der Waals surface area contributed by atoms with E-state index in [1.165, 1.54) is 12.8 Å². The molecule has 168 valence electrons. The average molecular weight is 472 g/mol. The van der Waals surface area contributed by atoms with Crippen molar-refractivity contribution in [3.63, 3.8) is 0 Å². The molecule has 2 aromatic carbocycles. The lowest BCUT2D eigenvalue weighted by Crippen LogP contribution is -2.34. The summed E-state index contributed by atoms with van der Waals surface area (Å²) in [6.07, 6.45) is 2.46. The molecule has 1 fully saturated rings. The van der Waals surface area contributed by atoms with Gasteiger partial charge in [0.25, 0.3) is 15.9 Å². The van der Waals surface area contributed by atoms with Crippen molar-refractivity contribution in [1.82, 2.24) is 14.9 Å². The Morgan fingerprint density at radius 1 is 1.12 bits per heavy atom. The van der Waals surface area contributed by atoms with Gasteiger partial charge >= 0.3 is 0 Å². The molecule has 1 atom stereocenters. The van der Waals surface area contributed by atoms with Crippen LogP contribution in [0.4, 0.5) is 10.8 Å². The molecule has 2 N–H and O–H groups in total. The van der Waals surface area contributed by atoms with Gasteiger partial charge in [-0.05, 0) is 48.6 Å². The third-order valence-corrected chi connectivity index (χ3v) is 7.92. The van der Waals surface area contributed by atoms with Crippen molar-refractivity contribution >= 4 is 38.1 Å². The Bertz CT molecular complexity index is 1160. The molecule has 10 heteroatoms. The van der Waals surface area contributed by atoms with E-state index in [0.717, 1.165) is 35.7 Å². The van der Waals surface area contributed by atoms with Gasteiger partial charge < -0.3 is 4.90 Å². The van der Waals surface area contributed by atoms with Gasteiger partial charge in [0.15, 0.2) is 0 Å². The molecule has 0 radical (unpaired) electrons. The Balaban J connectivity index is 1.35. The number of nitrogens with one attached hydrogen (secondary N) is 2. The first kappa shape index (κ1) is 22.4. The maximum absolute atomic E-state index is 12.6. The Kier molecular flexibility index (Phi) is 6.83. The smallest absolute Gasteiger partial charge is 0.270 e. The Labute approximate surface area is 191 Å². The van der Waals surface area contributed by atoms with E-state index in [2.05, 4.69) is 32.1 Å². The SMILES string of the molecule is CC1CCCN(c2ccc(CNS(=O)(=O)c3nnc(NC(=O)c4ccccc4)s3)cc2)C1. The summed E-state index contributed by atoms with van der Waals surface area (Å²) in [5.74, 6) is 0.311. The minimum Gasteiger partial charge on any atom is -0.371 e. The molecule has 3 aromatic rings. The molecule has 1 amide bonds. The van der Waals surface area contributed by atoms with Crippen molar-refractivity contribution < 1.29 is 13.2 Å². The third-order valence-electron chi connectivity index (χ3n) is 5.32. The van der Waals surface area contributed by atoms with Gasteiger partial charge in [-0.25, -0.2) is 13.1 Å². The number of sulfonamides is 1. The zero-order valence-electron chi connectivity index (χ0n) is 17.7. The number of anilines is 2. The number of carbonyl (C=O) groups excluding carboxylic acids is 1. The van der Waals surface area contributed by atoms with Crippen LogP contribution in [-0.2, 0) is 16.6 Å². The summed E-state index contributed by atoms with van der Waals surface area (Å²) in [5, 5.41) is 10.2. The van der Waals surface area contributed by atoms with E-state index in [-0.39, 0.29) is 21.9 Å². The molecule has 1 unspecified atom stereocenters. The standard InChI is InChI=1S/C22H25N5O3S2/c1-16-6-5-13-27(15-16)19-11-9-17(10-12-19)14-23-32(29,30)22-26-25-21(31-22)24-20(28)18-7-3-2-4-8-18/h2-4,7-12,16,23H,5-6,13-15H2,1H3,(H,24,25,28). The van der Waals surface area contributed by atoms with Gasteiger partial charge in [0.1, 0.15) is 0 Å². The highest BCUT2D eigenvalue weighted by molar-refractivity contribution is 7.91. The van der Waals surface area contributed by atoms with Gasteiger partial charge in [-0.15, -0.1) is 10.2 Å². The lowest BCUT2D eigenvalue weighted by atomic mass is 9.99. The first-order valence-corrected chi connectivity index (χ1v) is 12.7. The number of hydrogen-bond donors (Lipinski definition) is 2. The molecule has 1 aliphatic heterocycles. The van der Waals surface area contributed by atoms with Crippen LogP contribution in [0, 0.1) is 5.92 Å². The van der Waals surface area contributed by atoms with Crippen molar-refractivity contribution in [1.29, 1.82) is 0 Å². The topological polar surface area (TPSA) is 104 Å². The maximum Gasteiger partial charge on any atom is 0.270 e. The minimum atomic E-state index is -3.84. The van der Waals surface area contributed by atoms with Gasteiger partial charge in [-0.3, -0.25) is 10.1 Å². The van der Waals surface area contributed by atoms with Crippen LogP contribution in [0.1, 0.15) is 35.7 Å². The third kappa shape index (κ3) is 5.50. The molecule has 8 nitrogen and oxygen atoms in total. The summed E-state index contributed by atoms with van der Waals surface area (Å²) in [6, 6.07) is 16.5. The number of rotatable bonds is 7. The first-order chi connectivity index (χ1) is 15.4. The highest BCUT2D eigenvalue weighted by Gasteiger charge is 2.21. The number of aromatic nitrogens is 2. The molecule has 4 rings (SSSR count). The molecular formula is C22H25N5O3S2. The first-order valence-electron chi connectivity index (χ1n) is 10.4. The van der Waals surface area contributed by atoms with Gasteiger partial charge in [0.05, 0.1) is 0 Å². The van der Waals surface area contributed by atoms with E-state index in [9.17, 15) is 13.2 Å². The predicted octanol–water partition coefficient (Wildman–Crippen LogP) is 3.51. The van der Waals surface area contributed by atoms with E-state index in [4.69, 9.17) is 0 Å². The van der Waals surface area contributed by atoms with Crippen molar-refractivity contribution in [3.05, 3.63) is 65.7 Å². The fraction of sp³-hybridized carbons (Fsp3) is 0.318. The highest BCUT2D eigenvalue weighted by atomic mass is 32.2. The maximum atomic E-state index is 12.6. The fourth-order valence-corrected chi connectivity index (χ4v) is 5.57. The van der Waals surface area contributed by atoms with Crippen LogP contribution in [0.15, 0.2) is 58.9 Å². The largest absolute Gasteiger partial charge is 0.371 e. The summed E-state index contributed by atoms with van der Waals surface area (Å²) in [7, 11) is -3.84. The molecule has 1 saturated heterocycles. The summed E-state index contributed by atoms with van der Waals surface area (Å²) >= 11 is 0.808. The Hall–Kier alpha value is -2.82. The zero-order valence-corrected chi connectivity index (χ0v) is 19.3. The molecule has 0 spiro atoms. The van der Waals surface area contributed by atoms with Gasteiger partial charge in [-0.2, -0.15) is 0 Å². The van der Waals surface area contributed by atoms with E-state index in [0.29, 0.717) is 11.5 Å². The molecule has 2 heterocycles. The molecule has 0 bridgehead atoms. The Morgan fingerprint density at radius 3 is 2.59 bits per heavy atom. The van der Waals surface area contributed by atoms with Crippen LogP contribution in [-0.4, -0.2) is 37.6 Å². The second-order valence-corrected chi connectivity index (χ2v) is 10.8. The van der Waals surface area contributed by atoms with E-state index in [1.807, 2.05) is 24.3 Å². The molecule has 0 saturated carbocycles. The second kappa shape index (κ2) is 9.76. The molecule has 1 aromatic heterocycles. The number of piperidine rings is 1. The number of nitrogens with zero attached hydrogens (tertiary/aromatic N) is 3. The van der Waals surface area contributed by atoms with E-state index < -0.39 is 10.0 Å². The van der Waals surface area contributed by atoms with Crippen molar-refractivity contribution in [3.8, 4) is 0 Å². The number of carbonyl (C=O) groups is 1. The summed E-state index contributed by atoms with van der Waals surface area (Å²) < 4.78 is 27.6. The van der Waals surface area contributed by atoms with Gasteiger partial charge in [0.2, 0.25) is 9.47 Å². The summed E-state index contributed by atoms with van der Waals surface area (Å²) in [5.41, 5.74) is 2.46. The average Bonchev–Trinajstić information content (AvgIpc) is 3.28. The van der Waals surface area contributed by atoms with Crippen LogP contribution in [0.3, 0.4) is 0 Å². The molecular weight excluding hydrogens is 446 g/mol. The van der Waals surface area contributed by atoms with Crippen LogP contribution in [0.2, 0.25) is 0 Å². The van der Waals surface area contributed by atoms with Crippen LogP contribution < -0.4 is 14.9 Å². The van der Waals surface area contributed by atoms with Gasteiger partial charge in [-0.1, -0.05) is 48.6 Å². The Morgan fingerprint density at radius 2 is 1.88 bits per heavy atom. The molecule has 1 aliphatic rings. The highest BCUT2D eigenvalue weighted by Crippen LogP contribution is 2.24. The lowest BCUT2D eigenvalue weighted by molar-refractivity contribution is 0.102. The fourth-order valence-electron chi connectivity index (χ4n) is 3.62. The monoisotopic (exact) mass is 471 g/mol. The summed E-state index contributed by atoms with van der Waals surface area (Å²) in [4.78, 5) is 14.6. The quantitative estimate of drug-likeness (QED) is 0.511. The number of amides is 1. The lowest BCUT2D eigenvalue weighted by Gasteiger charge is -2.32. The van der Waals surface area contributed by atoms with Crippen LogP contribution in [0.25, 0.3) is 0 Å². The molecule has 0 aliphatic carbocycles. The van der Waals surface area contributed by atoms with Crippen molar-refractivity contribution in [2.45, 2.75) is 30.6 Å². The van der Waals surface area contributed by atoms with E-state index in [1.54, 1.807) is 30.3 Å². The zero-order chi connectivity index (χ0) is 22.6. The minimum absolute atomic E-state index is 0.124. The van der Waals surface area contributed by atoms with Crippen molar-refractivity contribution in [2.75, 3.05) is 23.3 Å². The second-order valence-electron chi connectivity index (χ2n) is 7.88.